The van der Waals surface area contributed by atoms with Crippen molar-refractivity contribution in [3.8, 4) is 5.75 Å². The first-order chi connectivity index (χ1) is 10.8. The van der Waals surface area contributed by atoms with E-state index in [1.807, 2.05) is 18.7 Å². The van der Waals surface area contributed by atoms with Gasteiger partial charge in [0, 0.05) is 30.4 Å². The summed E-state index contributed by atoms with van der Waals surface area (Å²) in [6, 6.07) is 4.81. The Morgan fingerprint density at radius 3 is 2.52 bits per heavy atom. The van der Waals surface area contributed by atoms with Crippen LogP contribution < -0.4 is 9.64 Å². The molecule has 0 aromatic heterocycles. The summed E-state index contributed by atoms with van der Waals surface area (Å²) in [5.41, 5.74) is 1.06. The van der Waals surface area contributed by atoms with Crippen LogP contribution >= 0.6 is 0 Å². The van der Waals surface area contributed by atoms with Crippen LogP contribution in [0.2, 0.25) is 0 Å². The molecule has 2 rings (SSSR count). The number of hydrogen-bond acceptors (Lipinski definition) is 4. The SMILES string of the molecule is CCN(CC)c1ccc2c(c1)OC(C(F)(F)F)C(OC(=O)O)=C2. The number of fused-ring (bicyclic) bond motifs is 1. The molecule has 0 spiro atoms. The molecule has 1 aromatic carbocycles. The number of carbonyl (C=O) groups is 1. The predicted molar refractivity (Wildman–Crippen MR) is 77.6 cm³/mol. The Kier molecular flexibility index (Phi) is 4.72. The first-order valence-corrected chi connectivity index (χ1v) is 7.01. The van der Waals surface area contributed by atoms with Gasteiger partial charge in [0.25, 0.3) is 6.10 Å². The van der Waals surface area contributed by atoms with E-state index in [2.05, 4.69) is 4.74 Å². The lowest BCUT2D eigenvalue weighted by Gasteiger charge is -2.29. The van der Waals surface area contributed by atoms with Gasteiger partial charge in [-0.1, -0.05) is 0 Å². The summed E-state index contributed by atoms with van der Waals surface area (Å²) in [6.45, 7) is 5.25. The number of hydrogen-bond donors (Lipinski definition) is 1. The number of halogens is 3. The molecule has 1 unspecified atom stereocenters. The van der Waals surface area contributed by atoms with E-state index in [1.165, 1.54) is 6.07 Å². The van der Waals surface area contributed by atoms with Crippen LogP contribution in [0.25, 0.3) is 6.08 Å². The summed E-state index contributed by atoms with van der Waals surface area (Å²) in [7, 11) is 0. The second-order valence-corrected chi connectivity index (χ2v) is 4.85. The van der Waals surface area contributed by atoms with Crippen LogP contribution in [0.5, 0.6) is 5.75 Å². The van der Waals surface area contributed by atoms with E-state index in [0.29, 0.717) is 18.7 Å². The Bertz CT molecular complexity index is 624. The largest absolute Gasteiger partial charge is 0.511 e. The topological polar surface area (TPSA) is 59.0 Å². The second kappa shape index (κ2) is 6.39. The minimum atomic E-state index is -4.79. The van der Waals surface area contributed by atoms with Crippen molar-refractivity contribution in [1.82, 2.24) is 0 Å². The summed E-state index contributed by atoms with van der Waals surface area (Å²) in [5.74, 6) is -0.762. The van der Waals surface area contributed by atoms with Crippen molar-refractivity contribution in [2.24, 2.45) is 0 Å². The summed E-state index contributed by atoms with van der Waals surface area (Å²) < 4.78 is 48.4. The third kappa shape index (κ3) is 3.69. The van der Waals surface area contributed by atoms with E-state index in [0.717, 1.165) is 11.8 Å². The molecule has 0 saturated carbocycles. The van der Waals surface area contributed by atoms with Crippen molar-refractivity contribution in [2.45, 2.75) is 26.1 Å². The van der Waals surface area contributed by atoms with E-state index < -0.39 is 24.2 Å². The number of anilines is 1. The Morgan fingerprint density at radius 1 is 1.35 bits per heavy atom. The molecule has 0 amide bonds. The molecular formula is C15H16F3NO4. The molecule has 0 bridgehead atoms. The van der Waals surface area contributed by atoms with E-state index >= 15 is 0 Å². The predicted octanol–water partition coefficient (Wildman–Crippen LogP) is 3.89. The van der Waals surface area contributed by atoms with Gasteiger partial charge in [-0.05, 0) is 32.1 Å². The summed E-state index contributed by atoms with van der Waals surface area (Å²) in [5, 5.41) is 8.59. The van der Waals surface area contributed by atoms with E-state index in [1.54, 1.807) is 12.1 Å². The summed E-state index contributed by atoms with van der Waals surface area (Å²) in [6.07, 6.45) is -8.02. The van der Waals surface area contributed by atoms with Crippen LogP contribution in [-0.4, -0.2) is 36.6 Å². The molecule has 126 valence electrons. The molecule has 1 aromatic rings. The van der Waals surface area contributed by atoms with Crippen molar-refractivity contribution in [3.63, 3.8) is 0 Å². The van der Waals surface area contributed by atoms with Gasteiger partial charge < -0.3 is 19.5 Å². The minimum absolute atomic E-state index is 0.0365. The molecule has 1 aliphatic heterocycles. The van der Waals surface area contributed by atoms with Crippen molar-refractivity contribution < 1.29 is 32.5 Å². The normalized spacial score (nSPS) is 16.9. The Morgan fingerprint density at radius 2 is 2.00 bits per heavy atom. The average molecular weight is 331 g/mol. The van der Waals surface area contributed by atoms with Crippen LogP contribution in [0.3, 0.4) is 0 Å². The molecular weight excluding hydrogens is 315 g/mol. The number of rotatable bonds is 4. The lowest BCUT2D eigenvalue weighted by molar-refractivity contribution is -0.191. The van der Waals surface area contributed by atoms with Gasteiger partial charge in [0.2, 0.25) is 0 Å². The van der Waals surface area contributed by atoms with Gasteiger partial charge in [-0.25, -0.2) is 4.79 Å². The van der Waals surface area contributed by atoms with Crippen molar-refractivity contribution in [2.75, 3.05) is 18.0 Å². The molecule has 0 saturated heterocycles. The van der Waals surface area contributed by atoms with Crippen molar-refractivity contribution in [3.05, 3.63) is 29.5 Å². The summed E-state index contributed by atoms with van der Waals surface area (Å²) >= 11 is 0. The molecule has 1 aliphatic rings. The number of nitrogens with zero attached hydrogens (tertiary/aromatic N) is 1. The van der Waals surface area contributed by atoms with Gasteiger partial charge in [0.1, 0.15) is 5.75 Å². The molecule has 0 aliphatic carbocycles. The maximum absolute atomic E-state index is 13.1. The monoisotopic (exact) mass is 331 g/mol. The minimum Gasteiger partial charge on any atom is -0.472 e. The maximum atomic E-state index is 13.1. The molecule has 5 nitrogen and oxygen atoms in total. The first-order valence-electron chi connectivity index (χ1n) is 7.01. The maximum Gasteiger partial charge on any atom is 0.511 e. The highest BCUT2D eigenvalue weighted by Gasteiger charge is 2.48. The van der Waals surface area contributed by atoms with Gasteiger partial charge in [0.05, 0.1) is 0 Å². The van der Waals surface area contributed by atoms with Crippen LogP contribution in [0.4, 0.5) is 23.7 Å². The molecule has 8 heteroatoms. The number of benzene rings is 1. The van der Waals surface area contributed by atoms with Gasteiger partial charge in [0.15, 0.2) is 5.76 Å². The zero-order valence-corrected chi connectivity index (χ0v) is 12.6. The lowest BCUT2D eigenvalue weighted by atomic mass is 10.1. The molecule has 23 heavy (non-hydrogen) atoms. The quantitative estimate of drug-likeness (QED) is 0.848. The highest BCUT2D eigenvalue weighted by molar-refractivity contribution is 5.69. The third-order valence-corrected chi connectivity index (χ3v) is 3.43. The Labute approximate surface area is 130 Å². The molecule has 1 N–H and O–H groups in total. The second-order valence-electron chi connectivity index (χ2n) is 4.85. The Hall–Kier alpha value is -2.38. The standard InChI is InChI=1S/C15H16F3NO4/c1-3-19(4-2)10-6-5-9-7-12(23-14(20)21)13(15(16,17)18)22-11(9)8-10/h5-8,13H,3-4H2,1-2H3,(H,20,21). The van der Waals surface area contributed by atoms with Gasteiger partial charge in [-0.3, -0.25) is 0 Å². The Balaban J connectivity index is 2.43. The fourth-order valence-electron chi connectivity index (χ4n) is 2.36. The molecule has 0 radical (unpaired) electrons. The highest BCUT2D eigenvalue weighted by atomic mass is 19.4. The van der Waals surface area contributed by atoms with E-state index in [-0.39, 0.29) is 5.75 Å². The number of alkyl halides is 3. The number of carboxylic acid groups (broad SMARTS) is 1. The average Bonchev–Trinajstić information content (AvgIpc) is 2.46. The van der Waals surface area contributed by atoms with Crippen LogP contribution in [-0.2, 0) is 4.74 Å². The van der Waals surface area contributed by atoms with Gasteiger partial charge in [-0.2, -0.15) is 13.2 Å². The van der Waals surface area contributed by atoms with Crippen LogP contribution in [0.15, 0.2) is 24.0 Å². The highest BCUT2D eigenvalue weighted by Crippen LogP contribution is 2.39. The van der Waals surface area contributed by atoms with Crippen LogP contribution in [0, 0.1) is 0 Å². The molecule has 1 heterocycles. The van der Waals surface area contributed by atoms with Crippen molar-refractivity contribution in [1.29, 1.82) is 0 Å². The molecule has 0 fully saturated rings. The van der Waals surface area contributed by atoms with Crippen LogP contribution in [0.1, 0.15) is 19.4 Å². The first kappa shape index (κ1) is 17.0. The van der Waals surface area contributed by atoms with Gasteiger partial charge >= 0.3 is 12.3 Å². The van der Waals surface area contributed by atoms with E-state index in [9.17, 15) is 18.0 Å². The van der Waals surface area contributed by atoms with E-state index in [4.69, 9.17) is 9.84 Å². The smallest absolute Gasteiger partial charge is 0.472 e. The number of ether oxygens (including phenoxy) is 2. The summed E-state index contributed by atoms with van der Waals surface area (Å²) in [4.78, 5) is 12.5. The fourth-order valence-corrected chi connectivity index (χ4v) is 2.36. The van der Waals surface area contributed by atoms with Crippen molar-refractivity contribution >= 4 is 17.9 Å². The van der Waals surface area contributed by atoms with Gasteiger partial charge in [-0.15, -0.1) is 0 Å². The zero-order chi connectivity index (χ0) is 17.2. The lowest BCUT2D eigenvalue weighted by Crippen LogP contribution is -2.39. The third-order valence-electron chi connectivity index (χ3n) is 3.43. The fraction of sp³-hybridized carbons (Fsp3) is 0.400. The molecule has 1 atom stereocenters. The zero-order valence-electron chi connectivity index (χ0n) is 12.6.